The summed E-state index contributed by atoms with van der Waals surface area (Å²) in [5, 5.41) is 12.8. The molecule has 0 aliphatic carbocycles. The van der Waals surface area contributed by atoms with Gasteiger partial charge < -0.3 is 15.8 Å². The van der Waals surface area contributed by atoms with E-state index >= 15 is 0 Å². The van der Waals surface area contributed by atoms with Crippen LogP contribution in [-0.4, -0.2) is 42.0 Å². The molecule has 1 unspecified atom stereocenters. The Morgan fingerprint density at radius 2 is 1.95 bits per heavy atom. The normalized spacial score (nSPS) is 13.0. The average molecular weight is 585 g/mol. The Labute approximate surface area is 251 Å². The fraction of sp³-hybridized carbons (Fsp3) is 0.182. The highest BCUT2D eigenvalue weighted by Crippen LogP contribution is 2.28. The number of carbonyl (C=O) groups excluding carboxylic acids is 1. The predicted molar refractivity (Wildman–Crippen MR) is 166 cm³/mol. The van der Waals surface area contributed by atoms with Gasteiger partial charge in [0.25, 0.3) is 11.5 Å². The van der Waals surface area contributed by atoms with Crippen molar-refractivity contribution in [2.45, 2.75) is 32.4 Å². The Morgan fingerprint density at radius 3 is 2.82 bits per heavy atom. The van der Waals surface area contributed by atoms with Gasteiger partial charge in [-0.05, 0) is 55.5 Å². The molecule has 11 nitrogen and oxygen atoms in total. The number of rotatable bonds is 5. The summed E-state index contributed by atoms with van der Waals surface area (Å²) in [4.78, 5) is 32.3. The first-order chi connectivity index (χ1) is 21.4. The van der Waals surface area contributed by atoms with Gasteiger partial charge in [-0.1, -0.05) is 36.1 Å². The summed E-state index contributed by atoms with van der Waals surface area (Å²) in [6.07, 6.45) is 7.01. The van der Waals surface area contributed by atoms with Crippen LogP contribution in [-0.2, 0) is 13.0 Å². The standard InChI is InChI=1S/C33H28N8O3/c1-20(37-32(42)29-30(34)38-40-17-7-15-35-31(29)40)26-18-22-9-5-8-21(13-14-23-19-36-39-16-6-11-24(23)39)28(22)33(43)41(26)25-10-3-4-12-27(25)44-2/h3-5,7-10,12,15,17-20H,6,11,16H2,1-2H3,(H2,34,38)(H,37,42). The first kappa shape index (κ1) is 27.0. The van der Waals surface area contributed by atoms with Gasteiger partial charge in [0.2, 0.25) is 0 Å². The number of aromatic nitrogens is 6. The fourth-order valence-electron chi connectivity index (χ4n) is 5.83. The SMILES string of the molecule is COc1ccccc1-n1c(C(C)NC(=O)c2c(N)nn3cccnc23)cc2cccc(C#Cc3cnn4c3CCC4)c2c1=O. The summed E-state index contributed by atoms with van der Waals surface area (Å²) < 4.78 is 10.7. The minimum absolute atomic E-state index is 0.0568. The lowest BCUT2D eigenvalue weighted by molar-refractivity contribution is 0.0941. The number of hydrogen-bond acceptors (Lipinski definition) is 7. The third-order valence-electron chi connectivity index (χ3n) is 7.91. The molecule has 4 aromatic heterocycles. The van der Waals surface area contributed by atoms with Crippen LogP contribution >= 0.6 is 0 Å². The minimum Gasteiger partial charge on any atom is -0.495 e. The van der Waals surface area contributed by atoms with Crippen LogP contribution in [0.1, 0.15) is 52.3 Å². The average Bonchev–Trinajstić information content (AvgIpc) is 3.74. The summed E-state index contributed by atoms with van der Waals surface area (Å²) in [5.41, 5.74) is 10.00. The van der Waals surface area contributed by atoms with E-state index < -0.39 is 11.9 Å². The molecule has 0 saturated heterocycles. The number of benzene rings is 2. The molecular formula is C33H28N8O3. The molecule has 7 rings (SSSR count). The number of para-hydroxylation sites is 2. The van der Waals surface area contributed by atoms with Gasteiger partial charge in [0, 0.05) is 30.2 Å². The Morgan fingerprint density at radius 1 is 1.11 bits per heavy atom. The minimum atomic E-state index is -0.632. The fourth-order valence-corrected chi connectivity index (χ4v) is 5.83. The zero-order valence-corrected chi connectivity index (χ0v) is 24.1. The van der Waals surface area contributed by atoms with Gasteiger partial charge >= 0.3 is 0 Å². The van der Waals surface area contributed by atoms with Crippen molar-refractivity contribution in [3.63, 3.8) is 0 Å². The Kier molecular flexibility index (Phi) is 6.59. The van der Waals surface area contributed by atoms with Crippen LogP contribution in [0.3, 0.4) is 0 Å². The molecule has 1 atom stereocenters. The molecule has 0 bridgehead atoms. The summed E-state index contributed by atoms with van der Waals surface area (Å²) >= 11 is 0. The highest BCUT2D eigenvalue weighted by Gasteiger charge is 2.25. The van der Waals surface area contributed by atoms with Crippen molar-refractivity contribution in [3.05, 3.63) is 112 Å². The van der Waals surface area contributed by atoms with Crippen LogP contribution in [0.2, 0.25) is 0 Å². The second-order valence-electron chi connectivity index (χ2n) is 10.6. The molecule has 3 N–H and O–H groups in total. The largest absolute Gasteiger partial charge is 0.495 e. The van der Waals surface area contributed by atoms with E-state index in [1.807, 2.05) is 54.1 Å². The van der Waals surface area contributed by atoms with Crippen molar-refractivity contribution in [2.24, 2.45) is 0 Å². The molecule has 218 valence electrons. The number of nitrogens with one attached hydrogen (secondary N) is 1. The number of anilines is 1. The van der Waals surface area contributed by atoms with E-state index in [0.29, 0.717) is 39.1 Å². The molecule has 0 fully saturated rings. The van der Waals surface area contributed by atoms with E-state index in [9.17, 15) is 9.59 Å². The number of hydrogen-bond donors (Lipinski definition) is 2. The van der Waals surface area contributed by atoms with Gasteiger partial charge in [0.1, 0.15) is 11.3 Å². The second kappa shape index (κ2) is 10.7. The summed E-state index contributed by atoms with van der Waals surface area (Å²) in [6.45, 7) is 2.71. The molecule has 6 aromatic rings. The third-order valence-corrected chi connectivity index (χ3v) is 7.91. The zero-order chi connectivity index (χ0) is 30.4. The summed E-state index contributed by atoms with van der Waals surface area (Å²) in [5.74, 6) is 6.59. The Hall–Kier alpha value is -5.89. The monoisotopic (exact) mass is 584 g/mol. The number of nitrogen functional groups attached to an aromatic ring is 1. The number of nitrogens with zero attached hydrogens (tertiary/aromatic N) is 6. The van der Waals surface area contributed by atoms with Crippen LogP contribution < -0.4 is 21.3 Å². The Bertz CT molecular complexity index is 2220. The van der Waals surface area contributed by atoms with Crippen molar-refractivity contribution in [2.75, 3.05) is 12.8 Å². The van der Waals surface area contributed by atoms with Crippen molar-refractivity contribution >= 4 is 28.1 Å². The van der Waals surface area contributed by atoms with Crippen molar-refractivity contribution in [1.82, 2.24) is 34.3 Å². The smallest absolute Gasteiger partial charge is 0.264 e. The molecule has 44 heavy (non-hydrogen) atoms. The zero-order valence-electron chi connectivity index (χ0n) is 24.1. The van der Waals surface area contributed by atoms with Crippen LogP contribution in [0.25, 0.3) is 22.1 Å². The van der Waals surface area contributed by atoms with E-state index in [1.54, 1.807) is 42.4 Å². The van der Waals surface area contributed by atoms with Gasteiger partial charge in [-0.25, -0.2) is 9.50 Å². The molecule has 11 heteroatoms. The van der Waals surface area contributed by atoms with E-state index in [2.05, 4.69) is 32.3 Å². The quantitative estimate of drug-likeness (QED) is 0.296. The molecule has 2 aromatic carbocycles. The second-order valence-corrected chi connectivity index (χ2v) is 10.6. The number of carbonyl (C=O) groups is 1. The first-order valence-corrected chi connectivity index (χ1v) is 14.2. The van der Waals surface area contributed by atoms with Crippen LogP contribution in [0, 0.1) is 11.8 Å². The highest BCUT2D eigenvalue weighted by molar-refractivity contribution is 6.04. The van der Waals surface area contributed by atoms with E-state index in [-0.39, 0.29) is 16.9 Å². The molecule has 0 saturated carbocycles. The number of ether oxygens (including phenoxy) is 1. The van der Waals surface area contributed by atoms with Gasteiger partial charge in [-0.15, -0.1) is 5.10 Å². The summed E-state index contributed by atoms with van der Waals surface area (Å²) in [6, 6.07) is 15.8. The van der Waals surface area contributed by atoms with Crippen molar-refractivity contribution in [3.8, 4) is 23.3 Å². The molecular weight excluding hydrogens is 556 g/mol. The lowest BCUT2D eigenvalue weighted by Gasteiger charge is -2.22. The number of aryl methyl sites for hydroxylation is 1. The number of nitrogens with two attached hydrogens (primary N) is 1. The topological polar surface area (TPSA) is 134 Å². The molecule has 1 amide bonds. The van der Waals surface area contributed by atoms with Crippen LogP contribution in [0.15, 0.2) is 78.0 Å². The molecule has 1 aliphatic heterocycles. The van der Waals surface area contributed by atoms with Gasteiger partial charge in [0.15, 0.2) is 11.5 Å². The third kappa shape index (κ3) is 4.44. The molecule has 0 spiro atoms. The number of pyridine rings is 1. The van der Waals surface area contributed by atoms with Gasteiger partial charge in [0.05, 0.1) is 41.7 Å². The number of amides is 1. The first-order valence-electron chi connectivity index (χ1n) is 14.2. The van der Waals surface area contributed by atoms with E-state index in [4.69, 9.17) is 10.5 Å². The Balaban J connectivity index is 1.37. The van der Waals surface area contributed by atoms with Gasteiger partial charge in [-0.3, -0.25) is 18.8 Å². The number of fused-ring (bicyclic) bond motifs is 3. The summed E-state index contributed by atoms with van der Waals surface area (Å²) in [7, 11) is 1.55. The maximum absolute atomic E-state index is 14.5. The lowest BCUT2D eigenvalue weighted by Crippen LogP contribution is -2.32. The van der Waals surface area contributed by atoms with Crippen LogP contribution in [0.4, 0.5) is 5.82 Å². The van der Waals surface area contributed by atoms with E-state index in [0.717, 1.165) is 30.6 Å². The molecule has 0 radical (unpaired) electrons. The molecule has 1 aliphatic rings. The van der Waals surface area contributed by atoms with Crippen molar-refractivity contribution in [1.29, 1.82) is 0 Å². The van der Waals surface area contributed by atoms with E-state index in [1.165, 1.54) is 4.52 Å². The predicted octanol–water partition coefficient (Wildman–Crippen LogP) is 3.66. The molecule has 5 heterocycles. The van der Waals surface area contributed by atoms with Crippen LogP contribution in [0.5, 0.6) is 5.75 Å². The van der Waals surface area contributed by atoms with Crippen molar-refractivity contribution < 1.29 is 9.53 Å². The van der Waals surface area contributed by atoms with Gasteiger partial charge in [-0.2, -0.15) is 5.10 Å². The maximum atomic E-state index is 14.5. The lowest BCUT2D eigenvalue weighted by atomic mass is 10.0. The highest BCUT2D eigenvalue weighted by atomic mass is 16.5. The maximum Gasteiger partial charge on any atom is 0.264 e. The number of methoxy groups -OCH3 is 1.